The Morgan fingerprint density at radius 2 is 1.77 bits per heavy atom. The van der Waals surface area contributed by atoms with Crippen LogP contribution in [0.15, 0.2) is 76.9 Å². The van der Waals surface area contributed by atoms with Crippen molar-refractivity contribution in [3.05, 3.63) is 98.7 Å². The van der Waals surface area contributed by atoms with Crippen LogP contribution in [0.4, 0.5) is 0 Å². The van der Waals surface area contributed by atoms with Crippen LogP contribution < -0.4 is 10.9 Å². The van der Waals surface area contributed by atoms with E-state index < -0.39 is 0 Å². The van der Waals surface area contributed by atoms with E-state index in [2.05, 4.69) is 64.0 Å². The highest BCUT2D eigenvalue weighted by Gasteiger charge is 2.23. The molecule has 3 N–H and O–H groups in total. The first kappa shape index (κ1) is 16.7. The monoisotopic (exact) mass is 362 g/mol. The summed E-state index contributed by atoms with van der Waals surface area (Å²) >= 11 is 1.75. The maximum atomic E-state index is 12.4. The van der Waals surface area contributed by atoms with Gasteiger partial charge >= 0.3 is 0 Å². The summed E-state index contributed by atoms with van der Waals surface area (Å²) in [5.41, 5.74) is 1.89. The molecule has 130 valence electrons. The normalized spacial score (nSPS) is 13.6. The third-order valence-corrected chi connectivity index (χ3v) is 5.51. The molecule has 0 radical (unpaired) electrons. The van der Waals surface area contributed by atoms with Crippen LogP contribution in [0.1, 0.15) is 35.3 Å². The van der Waals surface area contributed by atoms with Crippen LogP contribution in [0, 0.1) is 0 Å². The number of rotatable bonds is 5. The molecule has 0 bridgehead atoms. The van der Waals surface area contributed by atoms with Crippen molar-refractivity contribution in [1.29, 1.82) is 0 Å². The van der Waals surface area contributed by atoms with Gasteiger partial charge in [-0.3, -0.25) is 4.79 Å². The van der Waals surface area contributed by atoms with Gasteiger partial charge in [-0.05, 0) is 30.5 Å². The van der Waals surface area contributed by atoms with Crippen LogP contribution in [0.3, 0.4) is 0 Å². The molecule has 0 saturated heterocycles. The zero-order valence-corrected chi connectivity index (χ0v) is 15.2. The van der Waals surface area contributed by atoms with Crippen molar-refractivity contribution in [1.82, 2.24) is 9.97 Å². The number of fused-ring (bicyclic) bond motifs is 1. The molecule has 0 spiro atoms. The maximum Gasteiger partial charge on any atom is 0.258 e. The second-order valence-electron chi connectivity index (χ2n) is 6.35. The Morgan fingerprint density at radius 3 is 2.54 bits per heavy atom. The summed E-state index contributed by atoms with van der Waals surface area (Å²) in [6.45, 7) is 2.08. The number of thiophene rings is 1. The lowest BCUT2D eigenvalue weighted by molar-refractivity contribution is -0.723. The lowest BCUT2D eigenvalue weighted by atomic mass is 10.0. The van der Waals surface area contributed by atoms with Gasteiger partial charge < -0.3 is 10.3 Å². The highest BCUT2D eigenvalue weighted by atomic mass is 32.1. The first-order chi connectivity index (χ1) is 12.7. The van der Waals surface area contributed by atoms with Crippen molar-refractivity contribution in [3.8, 4) is 0 Å². The molecule has 4 nitrogen and oxygen atoms in total. The molecule has 0 saturated carbocycles. The van der Waals surface area contributed by atoms with Crippen LogP contribution in [0.25, 0.3) is 10.9 Å². The van der Waals surface area contributed by atoms with Gasteiger partial charge in [-0.15, -0.1) is 11.3 Å². The average molecular weight is 362 g/mol. The third-order valence-electron chi connectivity index (χ3n) is 4.55. The fraction of sp³-hybridized carbons (Fsp3) is 0.143. The van der Waals surface area contributed by atoms with Crippen molar-refractivity contribution in [3.63, 3.8) is 0 Å². The number of nitrogens with two attached hydrogens (primary N) is 1. The third kappa shape index (κ3) is 3.31. The first-order valence-corrected chi connectivity index (χ1v) is 9.52. The fourth-order valence-electron chi connectivity index (χ4n) is 3.20. The quantitative estimate of drug-likeness (QED) is 0.572. The minimum atomic E-state index is -0.0850. The van der Waals surface area contributed by atoms with Gasteiger partial charge in [0.15, 0.2) is 5.82 Å². The predicted molar refractivity (Wildman–Crippen MR) is 105 cm³/mol. The molecule has 2 heterocycles. The van der Waals surface area contributed by atoms with E-state index in [-0.39, 0.29) is 17.6 Å². The van der Waals surface area contributed by atoms with Crippen LogP contribution in [-0.4, -0.2) is 9.97 Å². The van der Waals surface area contributed by atoms with Crippen LogP contribution in [-0.2, 0) is 0 Å². The summed E-state index contributed by atoms with van der Waals surface area (Å²) in [6, 6.07) is 22.3. The molecular weight excluding hydrogens is 342 g/mol. The summed E-state index contributed by atoms with van der Waals surface area (Å²) in [7, 11) is 0. The first-order valence-electron chi connectivity index (χ1n) is 8.64. The maximum absolute atomic E-state index is 12.4. The number of aromatic amines is 1. The Balaban J connectivity index is 1.69. The van der Waals surface area contributed by atoms with Crippen molar-refractivity contribution in [2.45, 2.75) is 19.0 Å². The Labute approximate surface area is 155 Å². The summed E-state index contributed by atoms with van der Waals surface area (Å²) in [4.78, 5) is 21.3. The predicted octanol–water partition coefficient (Wildman–Crippen LogP) is 3.40. The molecule has 4 rings (SSSR count). The summed E-state index contributed by atoms with van der Waals surface area (Å²) < 4.78 is 0. The van der Waals surface area contributed by atoms with Crippen LogP contribution in [0.2, 0.25) is 0 Å². The van der Waals surface area contributed by atoms with Gasteiger partial charge in [0.1, 0.15) is 12.1 Å². The Morgan fingerprint density at radius 1 is 1.00 bits per heavy atom. The lowest BCUT2D eigenvalue weighted by Crippen LogP contribution is -2.86. The van der Waals surface area contributed by atoms with Gasteiger partial charge in [0.2, 0.25) is 0 Å². The molecular formula is C21H20N3OS+. The van der Waals surface area contributed by atoms with Crippen molar-refractivity contribution >= 4 is 22.2 Å². The molecule has 2 atom stereocenters. The zero-order chi connectivity index (χ0) is 17.9. The lowest BCUT2D eigenvalue weighted by Gasteiger charge is -2.19. The number of nitrogens with zero attached hydrogens (tertiary/aromatic N) is 1. The second-order valence-corrected chi connectivity index (χ2v) is 7.33. The number of nitrogens with one attached hydrogen (secondary N) is 1. The molecule has 0 fully saturated rings. The zero-order valence-electron chi connectivity index (χ0n) is 14.4. The van der Waals surface area contributed by atoms with Crippen LogP contribution in [0.5, 0.6) is 0 Å². The molecule has 0 aliphatic carbocycles. The molecule has 2 aromatic heterocycles. The number of H-pyrrole nitrogens is 1. The highest BCUT2D eigenvalue weighted by molar-refractivity contribution is 7.10. The van der Waals surface area contributed by atoms with Gasteiger partial charge in [-0.1, -0.05) is 48.5 Å². The van der Waals surface area contributed by atoms with Crippen molar-refractivity contribution in [2.24, 2.45) is 0 Å². The summed E-state index contributed by atoms with van der Waals surface area (Å²) in [5.74, 6) is 0.700. The van der Waals surface area contributed by atoms with Gasteiger partial charge in [-0.25, -0.2) is 4.98 Å². The highest BCUT2D eigenvalue weighted by Crippen LogP contribution is 2.23. The summed E-state index contributed by atoms with van der Waals surface area (Å²) in [6.07, 6.45) is 0. The van der Waals surface area contributed by atoms with Gasteiger partial charge in [0.05, 0.1) is 15.8 Å². The number of hydrogen-bond acceptors (Lipinski definition) is 3. The number of aromatic nitrogens is 2. The van der Waals surface area contributed by atoms with E-state index in [0.29, 0.717) is 11.2 Å². The fourth-order valence-corrected chi connectivity index (χ4v) is 4.03. The molecule has 0 aliphatic rings. The summed E-state index contributed by atoms with van der Waals surface area (Å²) in [5, 5.41) is 4.98. The number of benzene rings is 2. The van der Waals surface area contributed by atoms with Gasteiger partial charge in [0.25, 0.3) is 5.56 Å². The topological polar surface area (TPSA) is 62.4 Å². The van der Waals surface area contributed by atoms with E-state index in [4.69, 9.17) is 0 Å². The Bertz CT molecular complexity index is 1060. The molecule has 5 heteroatoms. The number of hydrogen-bond donors (Lipinski definition) is 2. The van der Waals surface area contributed by atoms with E-state index in [1.807, 2.05) is 24.3 Å². The van der Waals surface area contributed by atoms with Crippen molar-refractivity contribution in [2.75, 3.05) is 0 Å². The number of para-hydroxylation sites is 1. The largest absolute Gasteiger partial charge is 0.327 e. The molecule has 4 aromatic rings. The minimum absolute atomic E-state index is 0.0135. The Kier molecular flexibility index (Phi) is 4.65. The molecule has 0 amide bonds. The van der Waals surface area contributed by atoms with Crippen molar-refractivity contribution < 1.29 is 5.32 Å². The van der Waals surface area contributed by atoms with E-state index in [1.165, 1.54) is 10.4 Å². The Hall–Kier alpha value is -2.76. The molecule has 26 heavy (non-hydrogen) atoms. The van der Waals surface area contributed by atoms with E-state index in [9.17, 15) is 4.79 Å². The van der Waals surface area contributed by atoms with Gasteiger partial charge in [-0.2, -0.15) is 0 Å². The van der Waals surface area contributed by atoms with E-state index in [1.54, 1.807) is 17.4 Å². The van der Waals surface area contributed by atoms with E-state index in [0.717, 1.165) is 5.52 Å². The van der Waals surface area contributed by atoms with Gasteiger partial charge in [0, 0.05) is 5.56 Å². The second kappa shape index (κ2) is 7.23. The average Bonchev–Trinajstić information content (AvgIpc) is 3.21. The standard InChI is InChI=1S/C21H19N3OS/c1-14(20-23-17-11-6-5-10-16(17)21(25)24-20)22-19(18-12-7-13-26-18)15-8-3-2-4-9-15/h2-14,19,22H,1H3,(H,23,24,25)/p+1/t14-,19+/m1/s1. The molecule has 0 aliphatic heterocycles. The smallest absolute Gasteiger partial charge is 0.258 e. The molecule has 2 aromatic carbocycles. The van der Waals surface area contributed by atoms with Crippen LogP contribution >= 0.6 is 11.3 Å². The minimum Gasteiger partial charge on any atom is -0.327 e. The number of quaternary nitrogens is 1. The van der Waals surface area contributed by atoms with E-state index >= 15 is 0 Å². The molecule has 0 unspecified atom stereocenters. The SMILES string of the molecule is C[C@@H]([NH2+][C@@H](c1ccccc1)c1cccs1)c1nc2ccccc2c(=O)[nH]1.